The van der Waals surface area contributed by atoms with Crippen molar-refractivity contribution in [1.82, 2.24) is 9.97 Å². The molecule has 0 aliphatic heterocycles. The minimum atomic E-state index is -0.0770. The van der Waals surface area contributed by atoms with E-state index in [0.29, 0.717) is 23.1 Å². The molecule has 4 nitrogen and oxygen atoms in total. The third-order valence-corrected chi connectivity index (χ3v) is 2.99. The molecule has 0 aliphatic carbocycles. The zero-order valence-corrected chi connectivity index (χ0v) is 11.3. The Bertz CT molecular complexity index is 416. The highest BCUT2D eigenvalue weighted by molar-refractivity contribution is 6.31. The summed E-state index contributed by atoms with van der Waals surface area (Å²) in [6, 6.07) is 2.20. The molecule has 92 valence electrons. The van der Waals surface area contributed by atoms with Gasteiger partial charge in [-0.3, -0.25) is 0 Å². The molecule has 0 amide bonds. The first-order valence-corrected chi connectivity index (χ1v) is 6.25. The van der Waals surface area contributed by atoms with Gasteiger partial charge in [-0.25, -0.2) is 9.97 Å². The van der Waals surface area contributed by atoms with E-state index >= 15 is 0 Å². The maximum absolute atomic E-state index is 8.85. The number of nitrogens with zero attached hydrogens (tertiary/aromatic N) is 4. The molecular weight excluding hydrogens is 259 g/mol. The lowest BCUT2D eigenvalue weighted by molar-refractivity contribution is 0.676. The van der Waals surface area contributed by atoms with Gasteiger partial charge in [-0.05, 0) is 13.8 Å². The minimum Gasteiger partial charge on any atom is -0.355 e. The van der Waals surface area contributed by atoms with Crippen molar-refractivity contribution in [2.75, 3.05) is 18.0 Å². The average molecular weight is 273 g/mol. The molecule has 0 saturated carbocycles. The van der Waals surface area contributed by atoms with E-state index in [-0.39, 0.29) is 11.8 Å². The minimum absolute atomic E-state index is 0.0770. The lowest BCUT2D eigenvalue weighted by atomic mass is 10.2. The Balaban J connectivity index is 3.04. The maximum Gasteiger partial charge on any atom is 0.138 e. The Hall–Kier alpha value is -1.05. The van der Waals surface area contributed by atoms with Gasteiger partial charge in [-0.2, -0.15) is 5.26 Å². The highest BCUT2D eigenvalue weighted by Gasteiger charge is 2.16. The predicted molar refractivity (Wildman–Crippen MR) is 69.3 cm³/mol. The van der Waals surface area contributed by atoms with Gasteiger partial charge in [-0.1, -0.05) is 11.6 Å². The topological polar surface area (TPSA) is 52.8 Å². The van der Waals surface area contributed by atoms with Crippen molar-refractivity contribution in [3.63, 3.8) is 0 Å². The molecule has 1 rings (SSSR count). The Labute approximate surface area is 111 Å². The van der Waals surface area contributed by atoms with E-state index in [1.165, 1.54) is 6.33 Å². The van der Waals surface area contributed by atoms with Crippen LogP contribution in [0.5, 0.6) is 0 Å². The van der Waals surface area contributed by atoms with Crippen molar-refractivity contribution in [2.45, 2.75) is 19.7 Å². The summed E-state index contributed by atoms with van der Waals surface area (Å²) >= 11 is 11.8. The largest absolute Gasteiger partial charge is 0.355 e. The van der Waals surface area contributed by atoms with E-state index in [2.05, 4.69) is 16.0 Å². The van der Waals surface area contributed by atoms with Gasteiger partial charge in [-0.15, -0.1) is 11.6 Å². The quantitative estimate of drug-likeness (QED) is 0.611. The number of alkyl halides is 1. The number of aromatic nitrogens is 2. The second kappa shape index (κ2) is 6.63. The zero-order valence-electron chi connectivity index (χ0n) is 9.82. The molecule has 1 unspecified atom stereocenters. The predicted octanol–water partition coefficient (Wildman–Crippen LogP) is 2.85. The maximum atomic E-state index is 8.85. The van der Waals surface area contributed by atoms with Crippen LogP contribution >= 0.6 is 23.2 Å². The first-order chi connectivity index (χ1) is 8.13. The molecule has 0 aromatic carbocycles. The summed E-state index contributed by atoms with van der Waals surface area (Å²) in [6.07, 6.45) is 1.41. The van der Waals surface area contributed by atoms with Crippen LogP contribution in [0.1, 0.15) is 19.4 Å². The summed E-state index contributed by atoms with van der Waals surface area (Å²) in [5.41, 5.74) is 0.711. The Morgan fingerprint density at radius 1 is 1.53 bits per heavy atom. The molecule has 0 radical (unpaired) electrons. The smallest absolute Gasteiger partial charge is 0.138 e. The molecule has 1 aromatic heterocycles. The van der Waals surface area contributed by atoms with Gasteiger partial charge in [0.25, 0.3) is 0 Å². The fourth-order valence-electron chi connectivity index (χ4n) is 1.51. The summed E-state index contributed by atoms with van der Waals surface area (Å²) < 4.78 is 0. The van der Waals surface area contributed by atoms with E-state index in [1.54, 1.807) is 0 Å². The second-order valence-corrected chi connectivity index (χ2v) is 4.29. The average Bonchev–Trinajstić information content (AvgIpc) is 2.35. The molecule has 1 heterocycles. The van der Waals surface area contributed by atoms with Crippen molar-refractivity contribution in [3.8, 4) is 6.07 Å². The lowest BCUT2D eigenvalue weighted by Gasteiger charge is -2.24. The van der Waals surface area contributed by atoms with Gasteiger partial charge >= 0.3 is 0 Å². The molecule has 0 spiro atoms. The Morgan fingerprint density at radius 2 is 2.24 bits per heavy atom. The second-order valence-electron chi connectivity index (χ2n) is 3.67. The number of anilines is 1. The summed E-state index contributed by atoms with van der Waals surface area (Å²) in [5.74, 6) is 0.892. The number of hydrogen-bond acceptors (Lipinski definition) is 4. The van der Waals surface area contributed by atoms with Gasteiger partial charge in [0.1, 0.15) is 17.3 Å². The van der Waals surface area contributed by atoms with Crippen LogP contribution in [0.25, 0.3) is 0 Å². The molecule has 1 aromatic rings. The van der Waals surface area contributed by atoms with E-state index in [9.17, 15) is 0 Å². The van der Waals surface area contributed by atoms with Gasteiger partial charge in [0.05, 0.1) is 17.9 Å². The highest BCUT2D eigenvalue weighted by Crippen LogP contribution is 2.25. The first kappa shape index (κ1) is 14.0. The Kier molecular flexibility index (Phi) is 5.46. The summed E-state index contributed by atoms with van der Waals surface area (Å²) in [6.45, 7) is 5.21. The fraction of sp³-hybridized carbons (Fsp3) is 0.545. The van der Waals surface area contributed by atoms with Crippen LogP contribution < -0.4 is 4.90 Å². The van der Waals surface area contributed by atoms with Gasteiger partial charge in [0.2, 0.25) is 0 Å². The van der Waals surface area contributed by atoms with Crippen LogP contribution in [0.4, 0.5) is 5.82 Å². The molecule has 0 saturated heterocycles. The summed E-state index contributed by atoms with van der Waals surface area (Å²) in [4.78, 5) is 10.1. The zero-order chi connectivity index (χ0) is 12.8. The monoisotopic (exact) mass is 272 g/mol. The summed E-state index contributed by atoms with van der Waals surface area (Å²) in [7, 11) is 0. The van der Waals surface area contributed by atoms with Crippen LogP contribution in [0.15, 0.2) is 6.33 Å². The van der Waals surface area contributed by atoms with Crippen molar-refractivity contribution in [2.24, 2.45) is 5.92 Å². The number of hydrogen-bond donors (Lipinski definition) is 0. The fourth-order valence-corrected chi connectivity index (χ4v) is 2.02. The van der Waals surface area contributed by atoms with Gasteiger partial charge < -0.3 is 4.90 Å². The van der Waals surface area contributed by atoms with E-state index in [4.69, 9.17) is 28.5 Å². The number of halogens is 2. The Morgan fingerprint density at radius 3 is 2.76 bits per heavy atom. The molecule has 0 bridgehead atoms. The molecule has 0 N–H and O–H groups in total. The normalized spacial score (nSPS) is 11.9. The van der Waals surface area contributed by atoms with Crippen molar-refractivity contribution < 1.29 is 0 Å². The van der Waals surface area contributed by atoms with Gasteiger partial charge in [0.15, 0.2) is 0 Å². The molecule has 17 heavy (non-hydrogen) atoms. The van der Waals surface area contributed by atoms with Crippen LogP contribution in [-0.4, -0.2) is 23.1 Å². The molecular formula is C11H14Cl2N4. The van der Waals surface area contributed by atoms with Crippen LogP contribution in [0.2, 0.25) is 5.15 Å². The van der Waals surface area contributed by atoms with Gasteiger partial charge in [0, 0.05) is 18.7 Å². The van der Waals surface area contributed by atoms with E-state index < -0.39 is 0 Å². The van der Waals surface area contributed by atoms with E-state index in [1.807, 2.05) is 18.7 Å². The van der Waals surface area contributed by atoms with E-state index in [0.717, 1.165) is 6.54 Å². The number of rotatable bonds is 5. The number of nitriles is 1. The van der Waals surface area contributed by atoms with Crippen LogP contribution in [0, 0.1) is 17.2 Å². The highest BCUT2D eigenvalue weighted by atomic mass is 35.5. The molecule has 0 fully saturated rings. The molecule has 6 heteroatoms. The van der Waals surface area contributed by atoms with Crippen molar-refractivity contribution >= 4 is 29.0 Å². The standard InChI is InChI=1S/C11H14Cl2N4/c1-3-17(6-8(2)5-14)11-9(4-12)10(13)15-7-16-11/h7-8H,3-4,6H2,1-2H3. The SMILES string of the molecule is CCN(CC(C)C#N)c1ncnc(Cl)c1CCl. The summed E-state index contributed by atoms with van der Waals surface area (Å²) in [5, 5.41) is 9.21. The molecule has 1 atom stereocenters. The first-order valence-electron chi connectivity index (χ1n) is 5.33. The van der Waals surface area contributed by atoms with Crippen molar-refractivity contribution in [3.05, 3.63) is 17.0 Å². The van der Waals surface area contributed by atoms with Crippen molar-refractivity contribution in [1.29, 1.82) is 5.26 Å². The van der Waals surface area contributed by atoms with Crippen LogP contribution in [-0.2, 0) is 5.88 Å². The third-order valence-electron chi connectivity index (χ3n) is 2.40. The molecule has 0 aliphatic rings. The van der Waals surface area contributed by atoms with Crippen LogP contribution in [0.3, 0.4) is 0 Å². The third kappa shape index (κ3) is 3.45. The lowest BCUT2D eigenvalue weighted by Crippen LogP contribution is -2.29.